The van der Waals surface area contributed by atoms with E-state index < -0.39 is 0 Å². The molecule has 1 aliphatic rings. The van der Waals surface area contributed by atoms with Gasteiger partial charge in [-0.25, -0.2) is 0 Å². The fourth-order valence-corrected chi connectivity index (χ4v) is 2.56. The zero-order chi connectivity index (χ0) is 14.4. The summed E-state index contributed by atoms with van der Waals surface area (Å²) in [5, 5.41) is 0.943. The first-order chi connectivity index (χ1) is 9.52. The lowest BCUT2D eigenvalue weighted by molar-refractivity contribution is -0.135. The van der Waals surface area contributed by atoms with Crippen molar-refractivity contribution in [3.8, 4) is 0 Å². The van der Waals surface area contributed by atoms with Crippen LogP contribution in [0, 0.1) is 0 Å². The van der Waals surface area contributed by atoms with Gasteiger partial charge < -0.3 is 9.88 Å². The number of imide groups is 1. The summed E-state index contributed by atoms with van der Waals surface area (Å²) in [4.78, 5) is 30.6. The highest BCUT2D eigenvalue weighted by molar-refractivity contribution is 6.36. The lowest BCUT2D eigenvalue weighted by Crippen LogP contribution is -2.29. The van der Waals surface area contributed by atoms with E-state index in [1.807, 2.05) is 24.3 Å². The lowest BCUT2D eigenvalue weighted by atomic mass is 10.0. The van der Waals surface area contributed by atoms with Crippen molar-refractivity contribution in [2.75, 3.05) is 21.1 Å². The number of carbonyl (C=O) groups excluding carboxylic acids is 2. The minimum atomic E-state index is -0.264. The van der Waals surface area contributed by atoms with Crippen LogP contribution in [0.5, 0.6) is 0 Å². The topological polar surface area (TPSA) is 56.4 Å². The summed E-state index contributed by atoms with van der Waals surface area (Å²) in [7, 11) is 5.05. The van der Waals surface area contributed by atoms with Crippen LogP contribution >= 0.6 is 0 Å². The average Bonchev–Trinajstić information content (AvgIpc) is 2.93. The Morgan fingerprint density at radius 2 is 1.80 bits per heavy atom. The third kappa shape index (κ3) is 1.56. The van der Waals surface area contributed by atoms with Crippen molar-refractivity contribution in [1.29, 1.82) is 0 Å². The third-order valence-electron chi connectivity index (χ3n) is 3.57. The Bertz CT molecular complexity index is 755. The van der Waals surface area contributed by atoms with Crippen LogP contribution in [0.3, 0.4) is 0 Å². The van der Waals surface area contributed by atoms with E-state index in [0.717, 1.165) is 21.4 Å². The summed E-state index contributed by atoms with van der Waals surface area (Å²) < 4.78 is 0. The van der Waals surface area contributed by atoms with Crippen LogP contribution in [0.25, 0.3) is 16.5 Å². The molecule has 1 aliphatic heterocycles. The lowest BCUT2D eigenvalue weighted by Gasteiger charge is -2.13. The molecule has 102 valence electrons. The molecular weight excluding hydrogens is 254 g/mol. The second-order valence-electron chi connectivity index (χ2n) is 5.04. The van der Waals surface area contributed by atoms with Gasteiger partial charge in [0.25, 0.3) is 11.8 Å². The predicted molar refractivity (Wildman–Crippen MR) is 76.7 cm³/mol. The smallest absolute Gasteiger partial charge is 0.277 e. The fourth-order valence-electron chi connectivity index (χ4n) is 2.56. The molecule has 3 rings (SSSR count). The molecule has 5 heteroatoms. The van der Waals surface area contributed by atoms with E-state index in [9.17, 15) is 9.59 Å². The molecule has 0 fully saturated rings. The molecule has 0 spiro atoms. The molecule has 2 amide bonds. The van der Waals surface area contributed by atoms with Crippen LogP contribution in [0.15, 0.2) is 36.2 Å². The second kappa shape index (κ2) is 4.23. The number of carbonyl (C=O) groups is 2. The van der Waals surface area contributed by atoms with Crippen LogP contribution in [0.4, 0.5) is 0 Å². The maximum atomic E-state index is 12.4. The van der Waals surface area contributed by atoms with Gasteiger partial charge in [-0.2, -0.15) is 0 Å². The number of para-hydroxylation sites is 1. The normalized spacial score (nSPS) is 15.7. The Morgan fingerprint density at radius 3 is 2.50 bits per heavy atom. The summed E-state index contributed by atoms with van der Waals surface area (Å²) >= 11 is 0. The van der Waals surface area contributed by atoms with Crippen molar-refractivity contribution in [1.82, 2.24) is 14.8 Å². The van der Waals surface area contributed by atoms with E-state index in [4.69, 9.17) is 0 Å². The van der Waals surface area contributed by atoms with Gasteiger partial charge in [0.15, 0.2) is 0 Å². The first-order valence-electron chi connectivity index (χ1n) is 6.33. The van der Waals surface area contributed by atoms with Crippen LogP contribution in [-0.4, -0.2) is 47.7 Å². The van der Waals surface area contributed by atoms with Crippen LogP contribution in [-0.2, 0) is 9.59 Å². The van der Waals surface area contributed by atoms with Gasteiger partial charge in [0.2, 0.25) is 0 Å². The number of amides is 2. The van der Waals surface area contributed by atoms with Crippen LogP contribution in [0.1, 0.15) is 5.56 Å². The molecule has 0 bridgehead atoms. The first kappa shape index (κ1) is 12.5. The van der Waals surface area contributed by atoms with Gasteiger partial charge in [-0.1, -0.05) is 18.2 Å². The van der Waals surface area contributed by atoms with E-state index >= 15 is 0 Å². The number of aromatic amines is 1. The van der Waals surface area contributed by atoms with Crippen molar-refractivity contribution in [3.63, 3.8) is 0 Å². The molecule has 2 heterocycles. The summed E-state index contributed by atoms with van der Waals surface area (Å²) in [6.07, 6.45) is 1.79. The number of rotatable bonds is 2. The molecule has 20 heavy (non-hydrogen) atoms. The molecule has 1 aromatic carbocycles. The Kier molecular flexibility index (Phi) is 2.64. The SMILES string of the molecule is CN(C)C1=C(c2c[nH]c3ccccc23)C(=O)N(C)C1=O. The molecule has 0 saturated heterocycles. The first-order valence-corrected chi connectivity index (χ1v) is 6.33. The van der Waals surface area contributed by atoms with Crippen molar-refractivity contribution < 1.29 is 9.59 Å². The number of nitrogens with one attached hydrogen (secondary N) is 1. The van der Waals surface area contributed by atoms with Crippen molar-refractivity contribution in [3.05, 3.63) is 41.7 Å². The molecule has 1 aromatic heterocycles. The van der Waals surface area contributed by atoms with Gasteiger partial charge in [-0.15, -0.1) is 0 Å². The van der Waals surface area contributed by atoms with Gasteiger partial charge in [0.05, 0.1) is 5.57 Å². The largest absolute Gasteiger partial charge is 0.373 e. The van der Waals surface area contributed by atoms with Crippen molar-refractivity contribution >= 4 is 28.3 Å². The zero-order valence-corrected chi connectivity index (χ0v) is 11.6. The van der Waals surface area contributed by atoms with Gasteiger partial charge in [0, 0.05) is 43.8 Å². The number of hydrogen-bond acceptors (Lipinski definition) is 3. The number of benzene rings is 1. The fraction of sp³-hybridized carbons (Fsp3) is 0.200. The molecule has 1 N–H and O–H groups in total. The molecule has 2 aromatic rings. The maximum Gasteiger partial charge on any atom is 0.277 e. The van der Waals surface area contributed by atoms with E-state index in [1.165, 1.54) is 7.05 Å². The average molecular weight is 269 g/mol. The van der Waals surface area contributed by atoms with E-state index in [-0.39, 0.29) is 11.8 Å². The monoisotopic (exact) mass is 269 g/mol. The molecule has 0 radical (unpaired) electrons. The number of fused-ring (bicyclic) bond motifs is 1. The second-order valence-corrected chi connectivity index (χ2v) is 5.04. The highest BCUT2D eigenvalue weighted by Gasteiger charge is 2.38. The summed E-state index contributed by atoms with van der Waals surface area (Å²) in [5.74, 6) is -0.524. The number of likely N-dealkylation sites (N-methyl/N-ethyl adjacent to an activating group) is 2. The highest BCUT2D eigenvalue weighted by Crippen LogP contribution is 2.33. The van der Waals surface area contributed by atoms with Crippen LogP contribution < -0.4 is 0 Å². The van der Waals surface area contributed by atoms with Gasteiger partial charge in [-0.05, 0) is 6.07 Å². The zero-order valence-electron chi connectivity index (χ0n) is 11.6. The van der Waals surface area contributed by atoms with Gasteiger partial charge in [0.1, 0.15) is 5.70 Å². The number of nitrogens with zero attached hydrogens (tertiary/aromatic N) is 2. The molecule has 0 unspecified atom stereocenters. The highest BCUT2D eigenvalue weighted by atomic mass is 16.2. The van der Waals surface area contributed by atoms with Gasteiger partial charge >= 0.3 is 0 Å². The number of hydrogen-bond donors (Lipinski definition) is 1. The Hall–Kier alpha value is -2.56. The van der Waals surface area contributed by atoms with Crippen molar-refractivity contribution in [2.45, 2.75) is 0 Å². The van der Waals surface area contributed by atoms with E-state index in [2.05, 4.69) is 4.98 Å². The van der Waals surface area contributed by atoms with Crippen LogP contribution in [0.2, 0.25) is 0 Å². The predicted octanol–water partition coefficient (Wildman–Crippen LogP) is 1.44. The maximum absolute atomic E-state index is 12.4. The van der Waals surface area contributed by atoms with Gasteiger partial charge in [-0.3, -0.25) is 14.5 Å². The minimum absolute atomic E-state index is 0.261. The number of aromatic nitrogens is 1. The molecular formula is C15H15N3O2. The number of H-pyrrole nitrogens is 1. The third-order valence-corrected chi connectivity index (χ3v) is 3.57. The van der Waals surface area contributed by atoms with E-state index in [1.54, 1.807) is 25.2 Å². The molecule has 0 aliphatic carbocycles. The van der Waals surface area contributed by atoms with E-state index in [0.29, 0.717) is 11.3 Å². The van der Waals surface area contributed by atoms with Crippen molar-refractivity contribution in [2.24, 2.45) is 0 Å². The Balaban J connectivity index is 2.30. The standard InChI is InChI=1S/C15H15N3O2/c1-17(2)13-12(14(19)18(3)15(13)20)10-8-16-11-7-5-4-6-9(10)11/h4-8,16H,1-3H3. The Labute approximate surface area is 116 Å². The quantitative estimate of drug-likeness (QED) is 0.839. The summed E-state index contributed by atoms with van der Waals surface area (Å²) in [5.41, 5.74) is 2.61. The molecule has 5 nitrogen and oxygen atoms in total. The molecule has 0 atom stereocenters. The summed E-state index contributed by atoms with van der Waals surface area (Å²) in [6, 6.07) is 7.73. The molecule has 0 saturated carbocycles. The Morgan fingerprint density at radius 1 is 1.10 bits per heavy atom. The minimum Gasteiger partial charge on any atom is -0.373 e. The summed E-state index contributed by atoms with van der Waals surface area (Å²) in [6.45, 7) is 0.